The molecule has 19 heavy (non-hydrogen) atoms. The molecule has 0 saturated carbocycles. The van der Waals surface area contributed by atoms with Gasteiger partial charge in [-0.1, -0.05) is 35.9 Å². The highest BCUT2D eigenvalue weighted by Crippen LogP contribution is 2.31. The summed E-state index contributed by atoms with van der Waals surface area (Å²) in [4.78, 5) is 0. The quantitative estimate of drug-likeness (QED) is 0.845. The molecule has 1 nitrogen and oxygen atoms in total. The Kier molecular flexibility index (Phi) is 3.98. The summed E-state index contributed by atoms with van der Waals surface area (Å²) in [7, 11) is 0. The maximum Gasteiger partial charge on any atom is 0.106 e. The van der Waals surface area contributed by atoms with Crippen LogP contribution >= 0.6 is 11.6 Å². The van der Waals surface area contributed by atoms with Gasteiger partial charge in [0.05, 0.1) is 0 Å². The van der Waals surface area contributed by atoms with Crippen LogP contribution in [0.25, 0.3) is 0 Å². The van der Waals surface area contributed by atoms with Gasteiger partial charge in [0.15, 0.2) is 0 Å². The van der Waals surface area contributed by atoms with E-state index < -0.39 is 6.10 Å². The summed E-state index contributed by atoms with van der Waals surface area (Å²) in [5, 5.41) is 11.1. The van der Waals surface area contributed by atoms with E-state index in [2.05, 4.69) is 6.92 Å². The molecule has 1 unspecified atom stereocenters. The minimum Gasteiger partial charge on any atom is -0.384 e. The molecule has 2 heteroatoms. The second-order valence-electron chi connectivity index (χ2n) is 5.20. The molecule has 0 aliphatic carbocycles. The van der Waals surface area contributed by atoms with Crippen LogP contribution in [0.5, 0.6) is 0 Å². The average Bonchev–Trinajstić information content (AvgIpc) is 2.36. The summed E-state index contributed by atoms with van der Waals surface area (Å²) in [6, 6.07) is 9.89. The van der Waals surface area contributed by atoms with Crippen molar-refractivity contribution >= 4 is 11.6 Å². The van der Waals surface area contributed by atoms with E-state index in [0.717, 1.165) is 22.3 Å². The predicted octanol–water partition coefficient (Wildman–Crippen LogP) is 4.66. The highest BCUT2D eigenvalue weighted by atomic mass is 35.5. The van der Waals surface area contributed by atoms with Crippen LogP contribution in [-0.4, -0.2) is 5.11 Å². The number of hydrogen-bond acceptors (Lipinski definition) is 1. The fourth-order valence-electron chi connectivity index (χ4n) is 2.13. The molecule has 2 rings (SSSR count). The van der Waals surface area contributed by atoms with Crippen LogP contribution in [-0.2, 0) is 0 Å². The standard InChI is InChI=1S/C17H19ClO/c1-10-5-6-14(7-11(10)2)17(19)15-8-12(3)13(4)9-16(15)18/h5-9,17,19H,1-4H3. The lowest BCUT2D eigenvalue weighted by Gasteiger charge is -2.16. The Balaban J connectivity index is 2.46. The van der Waals surface area contributed by atoms with Crippen molar-refractivity contribution in [2.45, 2.75) is 33.8 Å². The van der Waals surface area contributed by atoms with E-state index in [9.17, 15) is 5.11 Å². The van der Waals surface area contributed by atoms with E-state index in [4.69, 9.17) is 11.6 Å². The van der Waals surface area contributed by atoms with Gasteiger partial charge in [-0.05, 0) is 61.6 Å². The molecule has 0 radical (unpaired) electrons. The molecule has 0 aliphatic rings. The topological polar surface area (TPSA) is 20.2 Å². The van der Waals surface area contributed by atoms with Crippen molar-refractivity contribution < 1.29 is 5.11 Å². The highest BCUT2D eigenvalue weighted by molar-refractivity contribution is 6.31. The Morgan fingerprint density at radius 3 is 2.05 bits per heavy atom. The largest absolute Gasteiger partial charge is 0.384 e. The van der Waals surface area contributed by atoms with Gasteiger partial charge < -0.3 is 5.11 Å². The summed E-state index contributed by atoms with van der Waals surface area (Å²) in [5.74, 6) is 0. The number of halogens is 1. The Labute approximate surface area is 119 Å². The summed E-state index contributed by atoms with van der Waals surface area (Å²) >= 11 is 6.26. The van der Waals surface area contributed by atoms with Crippen LogP contribution in [0.4, 0.5) is 0 Å². The molecule has 2 aromatic carbocycles. The van der Waals surface area contributed by atoms with Crippen LogP contribution in [0.2, 0.25) is 5.02 Å². The first-order valence-corrected chi connectivity index (χ1v) is 6.80. The van der Waals surface area contributed by atoms with Gasteiger partial charge in [-0.2, -0.15) is 0 Å². The van der Waals surface area contributed by atoms with Crippen LogP contribution in [0.1, 0.15) is 39.5 Å². The molecule has 0 aromatic heterocycles. The molecule has 100 valence electrons. The first kappa shape index (κ1) is 14.1. The summed E-state index contributed by atoms with van der Waals surface area (Å²) in [6.07, 6.45) is -0.675. The molecular formula is C17H19ClO. The van der Waals surface area contributed by atoms with Crippen LogP contribution in [0.15, 0.2) is 30.3 Å². The molecule has 0 amide bonds. The zero-order valence-corrected chi connectivity index (χ0v) is 12.5. The van der Waals surface area contributed by atoms with Crippen LogP contribution < -0.4 is 0 Å². The van der Waals surface area contributed by atoms with Crippen molar-refractivity contribution in [3.63, 3.8) is 0 Å². The van der Waals surface area contributed by atoms with E-state index in [1.807, 2.05) is 51.1 Å². The van der Waals surface area contributed by atoms with Gasteiger partial charge in [0.25, 0.3) is 0 Å². The highest BCUT2D eigenvalue weighted by Gasteiger charge is 2.15. The Morgan fingerprint density at radius 1 is 0.842 bits per heavy atom. The molecule has 0 fully saturated rings. The van der Waals surface area contributed by atoms with Gasteiger partial charge in [0.1, 0.15) is 6.10 Å². The van der Waals surface area contributed by atoms with Crippen LogP contribution in [0, 0.1) is 27.7 Å². The second kappa shape index (κ2) is 5.36. The second-order valence-corrected chi connectivity index (χ2v) is 5.61. The van der Waals surface area contributed by atoms with Crippen molar-refractivity contribution in [2.75, 3.05) is 0 Å². The molecule has 0 aliphatic heterocycles. The van der Waals surface area contributed by atoms with Crippen molar-refractivity contribution in [1.29, 1.82) is 0 Å². The monoisotopic (exact) mass is 274 g/mol. The molecule has 0 saturated heterocycles. The Hall–Kier alpha value is -1.31. The molecule has 0 bridgehead atoms. The lowest BCUT2D eigenvalue weighted by Crippen LogP contribution is -2.02. The van der Waals surface area contributed by atoms with Crippen molar-refractivity contribution in [3.05, 3.63) is 68.7 Å². The normalized spacial score (nSPS) is 12.5. The first-order valence-electron chi connectivity index (χ1n) is 6.42. The summed E-state index contributed by atoms with van der Waals surface area (Å²) in [6.45, 7) is 8.16. The van der Waals surface area contributed by atoms with Gasteiger partial charge >= 0.3 is 0 Å². The Bertz CT molecular complexity index is 617. The fourth-order valence-corrected chi connectivity index (χ4v) is 2.45. The SMILES string of the molecule is Cc1ccc(C(O)c2cc(C)c(C)cc2Cl)cc1C. The van der Waals surface area contributed by atoms with Crippen molar-refractivity contribution in [3.8, 4) is 0 Å². The number of aliphatic hydroxyl groups excluding tert-OH is 1. The number of aliphatic hydroxyl groups is 1. The van der Waals surface area contributed by atoms with Crippen molar-refractivity contribution in [2.24, 2.45) is 0 Å². The maximum absolute atomic E-state index is 10.5. The van der Waals surface area contributed by atoms with E-state index >= 15 is 0 Å². The number of benzene rings is 2. The van der Waals surface area contributed by atoms with E-state index in [1.165, 1.54) is 11.1 Å². The van der Waals surface area contributed by atoms with Gasteiger partial charge in [0.2, 0.25) is 0 Å². The Morgan fingerprint density at radius 2 is 1.42 bits per heavy atom. The van der Waals surface area contributed by atoms with E-state index in [-0.39, 0.29) is 0 Å². The summed E-state index contributed by atoms with van der Waals surface area (Å²) < 4.78 is 0. The predicted molar refractivity (Wildman–Crippen MR) is 80.9 cm³/mol. The van der Waals surface area contributed by atoms with E-state index in [0.29, 0.717) is 5.02 Å². The third-order valence-electron chi connectivity index (χ3n) is 3.75. The van der Waals surface area contributed by atoms with E-state index in [1.54, 1.807) is 0 Å². The van der Waals surface area contributed by atoms with Gasteiger partial charge in [0, 0.05) is 10.6 Å². The fraction of sp³-hybridized carbons (Fsp3) is 0.294. The van der Waals surface area contributed by atoms with Gasteiger partial charge in [-0.25, -0.2) is 0 Å². The number of rotatable bonds is 2. The molecular weight excluding hydrogens is 256 g/mol. The smallest absolute Gasteiger partial charge is 0.106 e. The molecule has 1 N–H and O–H groups in total. The first-order chi connectivity index (χ1) is 8.90. The third kappa shape index (κ3) is 2.83. The molecule has 2 aromatic rings. The lowest BCUT2D eigenvalue weighted by molar-refractivity contribution is 0.220. The summed E-state index contributed by atoms with van der Waals surface area (Å²) in [5.41, 5.74) is 6.34. The number of hydrogen-bond donors (Lipinski definition) is 1. The maximum atomic E-state index is 10.5. The van der Waals surface area contributed by atoms with Crippen LogP contribution in [0.3, 0.4) is 0 Å². The zero-order chi connectivity index (χ0) is 14.2. The van der Waals surface area contributed by atoms with Crippen molar-refractivity contribution in [1.82, 2.24) is 0 Å². The van der Waals surface area contributed by atoms with Gasteiger partial charge in [-0.3, -0.25) is 0 Å². The zero-order valence-electron chi connectivity index (χ0n) is 11.8. The number of aryl methyl sites for hydroxylation is 4. The molecule has 0 spiro atoms. The minimum absolute atomic E-state index is 0.619. The average molecular weight is 275 g/mol. The minimum atomic E-state index is -0.675. The molecule has 1 atom stereocenters. The van der Waals surface area contributed by atoms with Gasteiger partial charge in [-0.15, -0.1) is 0 Å². The lowest BCUT2D eigenvalue weighted by atomic mass is 9.95. The molecule has 0 heterocycles. The third-order valence-corrected chi connectivity index (χ3v) is 4.08.